The van der Waals surface area contributed by atoms with Crippen LogP contribution in [0.2, 0.25) is 5.15 Å². The molecule has 0 radical (unpaired) electrons. The van der Waals surface area contributed by atoms with Crippen molar-refractivity contribution < 1.29 is 17.9 Å². The van der Waals surface area contributed by atoms with Gasteiger partial charge in [0.05, 0.1) is 13.2 Å². The summed E-state index contributed by atoms with van der Waals surface area (Å²) < 4.78 is 43.2. The van der Waals surface area contributed by atoms with Crippen molar-refractivity contribution in [2.45, 2.75) is 6.18 Å². The quantitative estimate of drug-likeness (QED) is 0.847. The first-order chi connectivity index (χ1) is 11.4. The number of morpholine rings is 1. The third kappa shape index (κ3) is 3.88. The Morgan fingerprint density at radius 2 is 1.79 bits per heavy atom. The molecule has 2 heterocycles. The Morgan fingerprint density at radius 3 is 2.38 bits per heavy atom. The van der Waals surface area contributed by atoms with Crippen LogP contribution in [0.3, 0.4) is 0 Å². The van der Waals surface area contributed by atoms with Crippen LogP contribution < -0.4 is 10.2 Å². The molecule has 1 fully saturated rings. The first-order valence-corrected chi connectivity index (χ1v) is 7.61. The summed E-state index contributed by atoms with van der Waals surface area (Å²) in [5.41, 5.74) is 0.649. The molecule has 0 saturated carbocycles. The van der Waals surface area contributed by atoms with Crippen molar-refractivity contribution in [1.29, 1.82) is 0 Å². The minimum atomic E-state index is -4.57. The second kappa shape index (κ2) is 6.82. The van der Waals surface area contributed by atoms with Crippen LogP contribution >= 0.6 is 11.6 Å². The second-order valence-electron chi connectivity index (χ2n) is 5.17. The van der Waals surface area contributed by atoms with Crippen LogP contribution in [0, 0.1) is 0 Å². The van der Waals surface area contributed by atoms with Gasteiger partial charge in [0.25, 0.3) is 0 Å². The average Bonchev–Trinajstić information content (AvgIpc) is 2.55. The van der Waals surface area contributed by atoms with E-state index in [0.29, 0.717) is 25.1 Å². The van der Waals surface area contributed by atoms with Crippen LogP contribution in [0.15, 0.2) is 30.5 Å². The number of benzene rings is 1. The summed E-state index contributed by atoms with van der Waals surface area (Å²) in [6.45, 7) is 3.03. The van der Waals surface area contributed by atoms with Gasteiger partial charge in [-0.25, -0.2) is 9.97 Å². The van der Waals surface area contributed by atoms with Crippen LogP contribution in [0.25, 0.3) is 0 Å². The van der Waals surface area contributed by atoms with Crippen molar-refractivity contribution in [3.05, 3.63) is 41.2 Å². The van der Waals surface area contributed by atoms with Crippen molar-refractivity contribution in [2.24, 2.45) is 0 Å². The number of halogens is 4. The van der Waals surface area contributed by atoms with Crippen molar-refractivity contribution in [3.8, 4) is 0 Å². The zero-order valence-corrected chi connectivity index (χ0v) is 13.2. The summed E-state index contributed by atoms with van der Waals surface area (Å²) in [5, 5.41) is 2.20. The molecular weight excluding hydrogens is 345 g/mol. The molecule has 0 aliphatic carbocycles. The maximum absolute atomic E-state index is 12.6. The first-order valence-electron chi connectivity index (χ1n) is 7.23. The number of nitrogens with one attached hydrogen (secondary N) is 1. The summed E-state index contributed by atoms with van der Waals surface area (Å²) in [6.07, 6.45) is -3.91. The normalized spacial score (nSPS) is 15.4. The Balaban J connectivity index is 1.71. The molecule has 1 N–H and O–H groups in total. The van der Waals surface area contributed by atoms with Crippen LogP contribution in [-0.2, 0) is 10.9 Å². The maximum atomic E-state index is 12.6. The minimum Gasteiger partial charge on any atom is -0.378 e. The SMILES string of the molecule is FC(F)(F)c1cnc(Nc2ccc(N3CCOCC3)cc2)nc1Cl. The summed E-state index contributed by atoms with van der Waals surface area (Å²) in [4.78, 5) is 9.50. The van der Waals surface area contributed by atoms with E-state index in [1.807, 2.05) is 12.1 Å². The van der Waals surface area contributed by atoms with Crippen LogP contribution in [0.4, 0.5) is 30.5 Å². The van der Waals surface area contributed by atoms with E-state index in [1.165, 1.54) is 0 Å². The van der Waals surface area contributed by atoms with E-state index in [0.717, 1.165) is 18.8 Å². The molecule has 3 rings (SSSR count). The van der Waals surface area contributed by atoms with E-state index in [4.69, 9.17) is 16.3 Å². The van der Waals surface area contributed by atoms with Gasteiger partial charge in [-0.1, -0.05) is 11.6 Å². The minimum absolute atomic E-state index is 0.00659. The van der Waals surface area contributed by atoms with E-state index in [1.54, 1.807) is 12.1 Å². The summed E-state index contributed by atoms with van der Waals surface area (Å²) in [6, 6.07) is 7.44. The van der Waals surface area contributed by atoms with Gasteiger partial charge in [0.15, 0.2) is 0 Å². The summed E-state index contributed by atoms with van der Waals surface area (Å²) in [5.74, 6) is 0.00659. The van der Waals surface area contributed by atoms with E-state index >= 15 is 0 Å². The molecule has 0 unspecified atom stereocenters. The van der Waals surface area contributed by atoms with Gasteiger partial charge in [-0.2, -0.15) is 13.2 Å². The Bertz CT molecular complexity index is 703. The van der Waals surface area contributed by atoms with Crippen molar-refractivity contribution in [2.75, 3.05) is 36.5 Å². The molecule has 1 aliphatic heterocycles. The average molecular weight is 359 g/mol. The van der Waals surface area contributed by atoms with Crippen LogP contribution in [0.1, 0.15) is 5.56 Å². The fourth-order valence-corrected chi connectivity index (χ4v) is 2.55. The highest BCUT2D eigenvalue weighted by Gasteiger charge is 2.34. The lowest BCUT2D eigenvalue weighted by Gasteiger charge is -2.28. The van der Waals surface area contributed by atoms with Crippen LogP contribution in [-0.4, -0.2) is 36.3 Å². The molecule has 5 nitrogen and oxygen atoms in total. The van der Waals surface area contributed by atoms with E-state index in [9.17, 15) is 13.2 Å². The van der Waals surface area contributed by atoms with Crippen molar-refractivity contribution in [3.63, 3.8) is 0 Å². The molecule has 2 aromatic rings. The number of alkyl halides is 3. The first kappa shape index (κ1) is 16.8. The maximum Gasteiger partial charge on any atom is 0.420 e. The van der Waals surface area contributed by atoms with E-state index in [-0.39, 0.29) is 5.95 Å². The number of hydrogen-bond acceptors (Lipinski definition) is 5. The molecule has 0 spiro atoms. The molecule has 128 valence electrons. The molecule has 9 heteroatoms. The zero-order chi connectivity index (χ0) is 17.2. The van der Waals surface area contributed by atoms with Gasteiger partial charge in [0.1, 0.15) is 10.7 Å². The Morgan fingerprint density at radius 1 is 1.12 bits per heavy atom. The molecule has 24 heavy (non-hydrogen) atoms. The smallest absolute Gasteiger partial charge is 0.378 e. The monoisotopic (exact) mass is 358 g/mol. The van der Waals surface area contributed by atoms with Gasteiger partial charge in [-0.05, 0) is 24.3 Å². The standard InChI is InChI=1S/C15H14ClF3N4O/c16-13-12(15(17,18)19)9-20-14(22-13)21-10-1-3-11(4-2-10)23-5-7-24-8-6-23/h1-4,9H,5-8H2,(H,20,21,22). The number of hydrogen-bond donors (Lipinski definition) is 1. The summed E-state index contributed by atoms with van der Waals surface area (Å²) >= 11 is 5.58. The third-order valence-corrected chi connectivity index (χ3v) is 3.84. The lowest BCUT2D eigenvalue weighted by Crippen LogP contribution is -2.36. The highest BCUT2D eigenvalue weighted by atomic mass is 35.5. The van der Waals surface area contributed by atoms with Gasteiger partial charge in [0, 0.05) is 30.7 Å². The fraction of sp³-hybridized carbons (Fsp3) is 0.333. The van der Waals surface area contributed by atoms with E-state index in [2.05, 4.69) is 20.2 Å². The van der Waals surface area contributed by atoms with Gasteiger partial charge in [-0.15, -0.1) is 0 Å². The lowest BCUT2D eigenvalue weighted by atomic mass is 10.2. The van der Waals surface area contributed by atoms with Gasteiger partial charge in [0.2, 0.25) is 5.95 Å². The topological polar surface area (TPSA) is 50.3 Å². The van der Waals surface area contributed by atoms with Gasteiger partial charge < -0.3 is 15.0 Å². The van der Waals surface area contributed by atoms with E-state index < -0.39 is 16.9 Å². The van der Waals surface area contributed by atoms with Gasteiger partial charge in [-0.3, -0.25) is 0 Å². The number of aromatic nitrogens is 2. The zero-order valence-electron chi connectivity index (χ0n) is 12.5. The molecule has 1 aliphatic rings. The highest BCUT2D eigenvalue weighted by Crippen LogP contribution is 2.33. The molecule has 0 amide bonds. The number of nitrogens with zero attached hydrogens (tertiary/aromatic N) is 3. The second-order valence-corrected chi connectivity index (χ2v) is 5.53. The molecule has 1 saturated heterocycles. The van der Waals surface area contributed by atoms with Crippen molar-refractivity contribution >= 4 is 28.9 Å². The Hall–Kier alpha value is -2.06. The Labute approximate surface area is 141 Å². The molecule has 1 aromatic carbocycles. The number of ether oxygens (including phenoxy) is 1. The predicted octanol–water partition coefficient (Wildman–Crippen LogP) is 3.73. The lowest BCUT2D eigenvalue weighted by molar-refractivity contribution is -0.137. The largest absolute Gasteiger partial charge is 0.420 e. The number of anilines is 3. The molecule has 0 atom stereocenters. The fourth-order valence-electron chi connectivity index (χ4n) is 2.32. The van der Waals surface area contributed by atoms with Gasteiger partial charge >= 0.3 is 6.18 Å². The number of rotatable bonds is 3. The predicted molar refractivity (Wildman–Crippen MR) is 84.8 cm³/mol. The molecule has 1 aromatic heterocycles. The summed E-state index contributed by atoms with van der Waals surface area (Å²) in [7, 11) is 0. The van der Waals surface area contributed by atoms with Crippen molar-refractivity contribution in [1.82, 2.24) is 9.97 Å². The van der Waals surface area contributed by atoms with Crippen LogP contribution in [0.5, 0.6) is 0 Å². The Kier molecular flexibility index (Phi) is 4.77. The highest BCUT2D eigenvalue weighted by molar-refractivity contribution is 6.30. The third-order valence-electron chi connectivity index (χ3n) is 3.55. The molecular formula is C15H14ClF3N4O. The molecule has 0 bridgehead atoms.